The fraction of sp³-hybridized carbons (Fsp3) is 0.500. The van der Waals surface area contributed by atoms with Crippen LogP contribution < -0.4 is 5.73 Å². The van der Waals surface area contributed by atoms with Gasteiger partial charge in [-0.05, 0) is 0 Å². The summed E-state index contributed by atoms with van der Waals surface area (Å²) in [5, 5.41) is 19.5. The van der Waals surface area contributed by atoms with Crippen molar-refractivity contribution in [2.75, 3.05) is 12.4 Å². The normalized spacial score (nSPS) is 31.1. The maximum absolute atomic E-state index is 12.6. The van der Waals surface area contributed by atoms with Crippen LogP contribution in [0.4, 0.5) is 10.2 Å². The minimum atomic E-state index is -1.30. The number of alkyl halides is 1. The molecule has 19 heavy (non-hydrogen) atoms. The first-order chi connectivity index (χ1) is 9.13. The van der Waals surface area contributed by atoms with Crippen LogP contribution in [0.1, 0.15) is 6.23 Å². The summed E-state index contributed by atoms with van der Waals surface area (Å²) in [5.74, 6) is 0.193. The van der Waals surface area contributed by atoms with E-state index in [2.05, 4.69) is 15.0 Å². The lowest BCUT2D eigenvalue weighted by Crippen LogP contribution is -2.32. The second kappa shape index (κ2) is 4.37. The van der Waals surface area contributed by atoms with Crippen molar-refractivity contribution in [1.82, 2.24) is 19.5 Å². The Morgan fingerprint density at radius 1 is 1.32 bits per heavy atom. The largest absolute Gasteiger partial charge is 0.387 e. The molecule has 4 atom stereocenters. The average Bonchev–Trinajstić information content (AvgIpc) is 2.94. The van der Waals surface area contributed by atoms with Crippen molar-refractivity contribution in [2.24, 2.45) is 0 Å². The topological polar surface area (TPSA) is 119 Å². The average molecular weight is 269 g/mol. The predicted molar refractivity (Wildman–Crippen MR) is 61.6 cm³/mol. The molecule has 1 aliphatic rings. The van der Waals surface area contributed by atoms with E-state index in [1.807, 2.05) is 0 Å². The fourth-order valence-electron chi connectivity index (χ4n) is 2.14. The summed E-state index contributed by atoms with van der Waals surface area (Å²) in [6, 6.07) is 0. The molecule has 0 radical (unpaired) electrons. The minimum Gasteiger partial charge on any atom is -0.387 e. The van der Waals surface area contributed by atoms with Crippen LogP contribution in [0.25, 0.3) is 11.2 Å². The number of aliphatic hydroxyl groups excluding tert-OH is 2. The third kappa shape index (κ3) is 1.74. The van der Waals surface area contributed by atoms with Gasteiger partial charge in [0.15, 0.2) is 17.7 Å². The standard InChI is InChI=1S/C10H12FN5O3/c11-1-4-6(17)7(18)10(19-4)16-3-15-5-8(12)13-2-14-9(5)16/h2-4,6-7,10,17-18H,1H2,(H2,12,13,14)/t4-,6?,7?,10-/m1/s1. The van der Waals surface area contributed by atoms with Crippen molar-refractivity contribution < 1.29 is 19.3 Å². The lowest BCUT2D eigenvalue weighted by atomic mass is 10.1. The van der Waals surface area contributed by atoms with Gasteiger partial charge in [-0.1, -0.05) is 0 Å². The Morgan fingerprint density at radius 2 is 2.11 bits per heavy atom. The van der Waals surface area contributed by atoms with Crippen LogP contribution in [-0.4, -0.2) is 54.7 Å². The van der Waals surface area contributed by atoms with E-state index in [0.29, 0.717) is 11.2 Å². The van der Waals surface area contributed by atoms with Crippen LogP contribution in [0.15, 0.2) is 12.7 Å². The van der Waals surface area contributed by atoms with Gasteiger partial charge >= 0.3 is 0 Å². The Kier molecular flexibility index (Phi) is 2.81. The SMILES string of the molecule is Nc1ncnc2c1ncn2[C@@H]1O[C@H](CF)C(O)C1O. The number of imidazole rings is 1. The van der Waals surface area contributed by atoms with E-state index >= 15 is 0 Å². The van der Waals surface area contributed by atoms with E-state index in [-0.39, 0.29) is 5.82 Å². The molecule has 0 bridgehead atoms. The summed E-state index contributed by atoms with van der Waals surface area (Å²) in [6.07, 6.45) is -2.00. The highest BCUT2D eigenvalue weighted by Crippen LogP contribution is 2.31. The number of nitrogens with two attached hydrogens (primary N) is 1. The van der Waals surface area contributed by atoms with Crippen molar-refractivity contribution >= 4 is 17.0 Å². The van der Waals surface area contributed by atoms with Crippen molar-refractivity contribution in [3.63, 3.8) is 0 Å². The molecule has 1 saturated heterocycles. The molecule has 0 aromatic carbocycles. The van der Waals surface area contributed by atoms with Crippen LogP contribution >= 0.6 is 0 Å². The number of hydrogen-bond donors (Lipinski definition) is 3. The number of anilines is 1. The molecule has 0 spiro atoms. The molecule has 1 fully saturated rings. The summed E-state index contributed by atoms with van der Waals surface area (Å²) in [6.45, 7) is -0.890. The first-order valence-electron chi connectivity index (χ1n) is 5.64. The summed E-state index contributed by atoms with van der Waals surface area (Å²) in [5.41, 5.74) is 6.35. The number of fused-ring (bicyclic) bond motifs is 1. The van der Waals surface area contributed by atoms with Crippen LogP contribution in [-0.2, 0) is 4.74 Å². The van der Waals surface area contributed by atoms with E-state index in [0.717, 1.165) is 0 Å². The number of hydrogen-bond acceptors (Lipinski definition) is 7. The third-order valence-corrected chi connectivity index (χ3v) is 3.15. The maximum Gasteiger partial charge on any atom is 0.167 e. The van der Waals surface area contributed by atoms with Crippen LogP contribution in [0.3, 0.4) is 0 Å². The second-order valence-electron chi connectivity index (χ2n) is 4.28. The fourth-order valence-corrected chi connectivity index (χ4v) is 2.14. The molecule has 0 amide bonds. The van der Waals surface area contributed by atoms with Gasteiger partial charge in [0.25, 0.3) is 0 Å². The van der Waals surface area contributed by atoms with Gasteiger partial charge in [0, 0.05) is 0 Å². The molecule has 3 heterocycles. The molecule has 1 aliphatic heterocycles. The molecule has 8 nitrogen and oxygen atoms in total. The molecule has 2 aromatic heterocycles. The molecule has 0 aliphatic carbocycles. The van der Waals surface area contributed by atoms with Gasteiger partial charge in [-0.3, -0.25) is 4.57 Å². The van der Waals surface area contributed by atoms with Gasteiger partial charge in [0.05, 0.1) is 6.33 Å². The molecule has 2 unspecified atom stereocenters. The number of nitrogens with zero attached hydrogens (tertiary/aromatic N) is 4. The Balaban J connectivity index is 2.04. The molecule has 0 saturated carbocycles. The molecule has 102 valence electrons. The number of nitrogen functional groups attached to an aromatic ring is 1. The van der Waals surface area contributed by atoms with Crippen molar-refractivity contribution in [2.45, 2.75) is 24.5 Å². The zero-order valence-electron chi connectivity index (χ0n) is 9.72. The summed E-state index contributed by atoms with van der Waals surface area (Å²) < 4.78 is 19.3. The van der Waals surface area contributed by atoms with Crippen molar-refractivity contribution in [3.05, 3.63) is 12.7 Å². The number of aromatic nitrogens is 4. The number of aliphatic hydroxyl groups is 2. The van der Waals surface area contributed by atoms with Crippen molar-refractivity contribution in [1.29, 1.82) is 0 Å². The van der Waals surface area contributed by atoms with Crippen molar-refractivity contribution in [3.8, 4) is 0 Å². The third-order valence-electron chi connectivity index (χ3n) is 3.15. The molecule has 9 heteroatoms. The zero-order valence-corrected chi connectivity index (χ0v) is 9.72. The second-order valence-corrected chi connectivity index (χ2v) is 4.28. The summed E-state index contributed by atoms with van der Waals surface area (Å²) in [4.78, 5) is 11.8. The number of ether oxygens (including phenoxy) is 1. The Bertz CT molecular complexity index is 606. The summed E-state index contributed by atoms with van der Waals surface area (Å²) in [7, 11) is 0. The highest BCUT2D eigenvalue weighted by molar-refractivity contribution is 5.81. The molecule has 2 aromatic rings. The highest BCUT2D eigenvalue weighted by Gasteiger charge is 2.44. The highest BCUT2D eigenvalue weighted by atomic mass is 19.1. The van der Waals surface area contributed by atoms with Gasteiger partial charge in [0.2, 0.25) is 0 Å². The maximum atomic E-state index is 12.6. The first-order valence-corrected chi connectivity index (χ1v) is 5.64. The Hall–Kier alpha value is -1.84. The van der Waals surface area contributed by atoms with E-state index in [1.54, 1.807) is 0 Å². The van der Waals surface area contributed by atoms with Gasteiger partial charge < -0.3 is 20.7 Å². The van der Waals surface area contributed by atoms with E-state index in [4.69, 9.17) is 10.5 Å². The van der Waals surface area contributed by atoms with E-state index in [1.165, 1.54) is 17.2 Å². The quantitative estimate of drug-likeness (QED) is 0.639. The Labute approximate surface area is 106 Å². The van der Waals surface area contributed by atoms with Crippen LogP contribution in [0.5, 0.6) is 0 Å². The van der Waals surface area contributed by atoms with Gasteiger partial charge in [-0.25, -0.2) is 19.3 Å². The molecule has 4 N–H and O–H groups in total. The molecular formula is C10H12FN5O3. The zero-order chi connectivity index (χ0) is 13.6. The lowest BCUT2D eigenvalue weighted by Gasteiger charge is -2.16. The smallest absolute Gasteiger partial charge is 0.167 e. The first kappa shape index (κ1) is 12.2. The Morgan fingerprint density at radius 3 is 2.79 bits per heavy atom. The lowest BCUT2D eigenvalue weighted by molar-refractivity contribution is -0.0409. The summed E-state index contributed by atoms with van der Waals surface area (Å²) >= 11 is 0. The number of halogens is 1. The van der Waals surface area contributed by atoms with E-state index in [9.17, 15) is 14.6 Å². The van der Waals surface area contributed by atoms with Gasteiger partial charge in [-0.2, -0.15) is 0 Å². The molecule has 3 rings (SSSR count). The van der Waals surface area contributed by atoms with E-state index < -0.39 is 31.2 Å². The van der Waals surface area contributed by atoms with Gasteiger partial charge in [0.1, 0.15) is 36.8 Å². The monoisotopic (exact) mass is 269 g/mol. The van der Waals surface area contributed by atoms with Crippen LogP contribution in [0, 0.1) is 0 Å². The predicted octanol–water partition coefficient (Wildman–Crippen LogP) is -1.00. The van der Waals surface area contributed by atoms with Gasteiger partial charge in [-0.15, -0.1) is 0 Å². The van der Waals surface area contributed by atoms with Crippen LogP contribution in [0.2, 0.25) is 0 Å². The molecular weight excluding hydrogens is 257 g/mol. The minimum absolute atomic E-state index is 0.193. The number of rotatable bonds is 2.